The number of nitrogens with one attached hydrogen (secondary N) is 1. The molecule has 3 N–H and O–H groups in total. The van der Waals surface area contributed by atoms with Crippen molar-refractivity contribution in [2.45, 2.75) is 19.4 Å². The molecule has 1 rings (SSSR count). The molecule has 0 aliphatic rings. The minimum Gasteiger partial charge on any atom is -0.493 e. The number of nitriles is 1. The van der Waals surface area contributed by atoms with Gasteiger partial charge >= 0.3 is 0 Å². The number of amides is 1. The van der Waals surface area contributed by atoms with Crippen LogP contribution in [-0.4, -0.2) is 32.2 Å². The van der Waals surface area contributed by atoms with E-state index in [1.165, 1.54) is 7.11 Å². The van der Waals surface area contributed by atoms with Gasteiger partial charge in [0.2, 0.25) is 0 Å². The topological polar surface area (TPSA) is 97.4 Å². The van der Waals surface area contributed by atoms with E-state index < -0.39 is 0 Å². The summed E-state index contributed by atoms with van der Waals surface area (Å²) in [6.45, 7) is 1.68. The lowest BCUT2D eigenvalue weighted by Crippen LogP contribution is -2.29. The van der Waals surface area contributed by atoms with Gasteiger partial charge in [-0.05, 0) is 47.0 Å². The van der Waals surface area contributed by atoms with E-state index in [0.29, 0.717) is 22.4 Å². The molecule has 0 saturated carbocycles. The third kappa shape index (κ3) is 5.61. The van der Waals surface area contributed by atoms with Crippen molar-refractivity contribution in [3.63, 3.8) is 0 Å². The Labute approximate surface area is 132 Å². The molecule has 1 amide bonds. The second kappa shape index (κ2) is 8.49. The van der Waals surface area contributed by atoms with Crippen LogP contribution in [0.2, 0.25) is 0 Å². The summed E-state index contributed by atoms with van der Waals surface area (Å²) in [5, 5.41) is 10.8. The van der Waals surface area contributed by atoms with Crippen LogP contribution in [0.3, 0.4) is 0 Å². The summed E-state index contributed by atoms with van der Waals surface area (Å²) in [5.74, 6) is 0.594. The summed E-state index contributed by atoms with van der Waals surface area (Å²) in [7, 11) is 1.53. The lowest BCUT2D eigenvalue weighted by Gasteiger charge is -2.15. The Morgan fingerprint density at radius 1 is 1.57 bits per heavy atom. The number of carbonyl (C=O) groups is 1. The Bertz CT molecular complexity index is 541. The summed E-state index contributed by atoms with van der Waals surface area (Å²) in [4.78, 5) is 11.4. The third-order valence-electron chi connectivity index (χ3n) is 2.56. The average molecular weight is 356 g/mol. The number of ether oxygens (including phenoxy) is 2. The number of hydrogen-bond donors (Lipinski definition) is 2. The van der Waals surface area contributed by atoms with Gasteiger partial charge < -0.3 is 20.5 Å². The van der Waals surface area contributed by atoms with E-state index in [0.717, 1.165) is 5.56 Å². The molecule has 0 fully saturated rings. The van der Waals surface area contributed by atoms with Crippen LogP contribution in [0.5, 0.6) is 11.5 Å². The number of rotatable bonds is 7. The van der Waals surface area contributed by atoms with Crippen LogP contribution in [0.1, 0.15) is 12.5 Å². The Kier molecular flexibility index (Phi) is 6.99. The molecule has 0 aliphatic heterocycles. The molecule has 0 bridgehead atoms. The van der Waals surface area contributed by atoms with E-state index >= 15 is 0 Å². The standard InChI is InChI=1S/C14H18BrN3O3/c1-9(17)5-10-6-11(15)14(12(7-10)20-2)21-8-13(19)18-4-3-16/h6-7,9H,4-5,8,17H2,1-2H3,(H,18,19). The number of carbonyl (C=O) groups excluding carboxylic acids is 1. The number of nitrogens with two attached hydrogens (primary N) is 1. The zero-order valence-corrected chi connectivity index (χ0v) is 13.6. The van der Waals surface area contributed by atoms with E-state index in [-0.39, 0.29) is 25.1 Å². The summed E-state index contributed by atoms with van der Waals surface area (Å²) >= 11 is 3.40. The molecule has 1 atom stereocenters. The van der Waals surface area contributed by atoms with E-state index in [4.69, 9.17) is 20.5 Å². The molecular weight excluding hydrogens is 338 g/mol. The average Bonchev–Trinajstić information content (AvgIpc) is 2.42. The van der Waals surface area contributed by atoms with E-state index in [9.17, 15) is 4.79 Å². The van der Waals surface area contributed by atoms with Crippen molar-refractivity contribution < 1.29 is 14.3 Å². The fourth-order valence-electron chi connectivity index (χ4n) is 1.73. The van der Waals surface area contributed by atoms with Crippen LogP contribution in [0.25, 0.3) is 0 Å². The highest BCUT2D eigenvalue weighted by Gasteiger charge is 2.14. The first-order valence-corrected chi connectivity index (χ1v) is 7.15. The van der Waals surface area contributed by atoms with Gasteiger partial charge in [-0.3, -0.25) is 4.79 Å². The molecule has 1 aromatic rings. The van der Waals surface area contributed by atoms with Crippen LogP contribution in [-0.2, 0) is 11.2 Å². The van der Waals surface area contributed by atoms with Crippen molar-refractivity contribution in [1.82, 2.24) is 5.32 Å². The molecule has 1 aromatic carbocycles. The van der Waals surface area contributed by atoms with Crippen LogP contribution in [0, 0.1) is 11.3 Å². The first kappa shape index (κ1) is 17.3. The molecule has 0 aliphatic carbocycles. The Morgan fingerprint density at radius 3 is 2.86 bits per heavy atom. The SMILES string of the molecule is COc1cc(CC(C)N)cc(Br)c1OCC(=O)NCC#N. The molecule has 6 nitrogen and oxygen atoms in total. The first-order valence-electron chi connectivity index (χ1n) is 6.36. The van der Waals surface area contributed by atoms with E-state index in [2.05, 4.69) is 21.2 Å². The first-order chi connectivity index (χ1) is 9.97. The summed E-state index contributed by atoms with van der Waals surface area (Å²) in [6, 6.07) is 5.57. The van der Waals surface area contributed by atoms with Gasteiger partial charge in [-0.15, -0.1) is 0 Å². The van der Waals surface area contributed by atoms with Gasteiger partial charge in [-0.1, -0.05) is 0 Å². The summed E-state index contributed by atoms with van der Waals surface area (Å²) in [5.41, 5.74) is 6.79. The molecule has 1 unspecified atom stereocenters. The number of methoxy groups -OCH3 is 1. The van der Waals surface area contributed by atoms with Crippen molar-refractivity contribution in [2.24, 2.45) is 5.73 Å². The molecule has 7 heteroatoms. The van der Waals surface area contributed by atoms with Crippen molar-refractivity contribution in [2.75, 3.05) is 20.3 Å². The van der Waals surface area contributed by atoms with Crippen molar-refractivity contribution in [1.29, 1.82) is 5.26 Å². The highest BCUT2D eigenvalue weighted by Crippen LogP contribution is 2.36. The van der Waals surface area contributed by atoms with Gasteiger partial charge in [-0.25, -0.2) is 0 Å². The maximum Gasteiger partial charge on any atom is 0.258 e. The van der Waals surface area contributed by atoms with Gasteiger partial charge in [0.15, 0.2) is 18.1 Å². The van der Waals surface area contributed by atoms with E-state index in [1.807, 2.05) is 25.1 Å². The quantitative estimate of drug-likeness (QED) is 0.719. The van der Waals surface area contributed by atoms with Gasteiger partial charge in [0.1, 0.15) is 6.54 Å². The predicted molar refractivity (Wildman–Crippen MR) is 82.2 cm³/mol. The second-order valence-electron chi connectivity index (χ2n) is 4.51. The molecule has 0 spiro atoms. The molecule has 0 heterocycles. The fourth-order valence-corrected chi connectivity index (χ4v) is 2.33. The second-order valence-corrected chi connectivity index (χ2v) is 5.37. The highest BCUT2D eigenvalue weighted by molar-refractivity contribution is 9.10. The monoisotopic (exact) mass is 355 g/mol. The van der Waals surface area contributed by atoms with Crippen LogP contribution in [0.15, 0.2) is 16.6 Å². The zero-order valence-electron chi connectivity index (χ0n) is 12.0. The van der Waals surface area contributed by atoms with Crippen LogP contribution < -0.4 is 20.5 Å². The number of nitrogens with zero attached hydrogens (tertiary/aromatic N) is 1. The zero-order chi connectivity index (χ0) is 15.8. The number of benzene rings is 1. The molecular formula is C14H18BrN3O3. The number of hydrogen-bond acceptors (Lipinski definition) is 5. The summed E-state index contributed by atoms with van der Waals surface area (Å²) in [6.07, 6.45) is 0.706. The summed E-state index contributed by atoms with van der Waals surface area (Å²) < 4.78 is 11.4. The van der Waals surface area contributed by atoms with Gasteiger partial charge in [-0.2, -0.15) is 5.26 Å². The minimum absolute atomic E-state index is 0.0325. The largest absolute Gasteiger partial charge is 0.493 e. The molecule has 0 radical (unpaired) electrons. The highest BCUT2D eigenvalue weighted by atomic mass is 79.9. The lowest BCUT2D eigenvalue weighted by molar-refractivity contribution is -0.122. The van der Waals surface area contributed by atoms with Gasteiger partial charge in [0.05, 0.1) is 17.7 Å². The van der Waals surface area contributed by atoms with Gasteiger partial charge in [0, 0.05) is 6.04 Å². The van der Waals surface area contributed by atoms with Crippen molar-refractivity contribution >= 4 is 21.8 Å². The minimum atomic E-state index is -0.370. The van der Waals surface area contributed by atoms with Crippen LogP contribution in [0.4, 0.5) is 0 Å². The fraction of sp³-hybridized carbons (Fsp3) is 0.429. The Balaban J connectivity index is 2.82. The van der Waals surface area contributed by atoms with Crippen LogP contribution >= 0.6 is 15.9 Å². The Hall–Kier alpha value is -1.78. The maximum absolute atomic E-state index is 11.4. The Morgan fingerprint density at radius 2 is 2.29 bits per heavy atom. The lowest BCUT2D eigenvalue weighted by atomic mass is 10.1. The molecule has 114 valence electrons. The van der Waals surface area contributed by atoms with Crippen molar-refractivity contribution in [3.05, 3.63) is 22.2 Å². The molecule has 0 saturated heterocycles. The van der Waals surface area contributed by atoms with E-state index in [1.54, 1.807) is 0 Å². The maximum atomic E-state index is 11.4. The normalized spacial score (nSPS) is 11.4. The smallest absolute Gasteiger partial charge is 0.258 e. The molecule has 0 aromatic heterocycles. The predicted octanol–water partition coefficient (Wildman–Crippen LogP) is 1.37. The molecule has 21 heavy (non-hydrogen) atoms. The third-order valence-corrected chi connectivity index (χ3v) is 3.15. The van der Waals surface area contributed by atoms with Gasteiger partial charge in [0.25, 0.3) is 5.91 Å². The van der Waals surface area contributed by atoms with Crippen molar-refractivity contribution in [3.8, 4) is 17.6 Å². The number of halogens is 1.